The number of carbonyl (C=O) groups excluding carboxylic acids is 2. The Bertz CT molecular complexity index is 1400. The molecule has 210 valence electrons. The van der Waals surface area contributed by atoms with Crippen LogP contribution in [-0.4, -0.2) is 92.3 Å². The number of benzene rings is 2. The third-order valence-electron chi connectivity index (χ3n) is 7.03. The van der Waals surface area contributed by atoms with Gasteiger partial charge in [0.1, 0.15) is 30.2 Å². The second-order valence-electron chi connectivity index (χ2n) is 9.61. The van der Waals surface area contributed by atoms with E-state index in [1.54, 1.807) is 58.1 Å². The van der Waals surface area contributed by atoms with E-state index in [1.165, 1.54) is 29.2 Å². The van der Waals surface area contributed by atoms with Gasteiger partial charge in [0.15, 0.2) is 6.73 Å². The van der Waals surface area contributed by atoms with Crippen LogP contribution in [0.15, 0.2) is 60.0 Å². The Balaban J connectivity index is 1.37. The summed E-state index contributed by atoms with van der Waals surface area (Å²) in [5.74, 6) is -2.20. The molecular formula is C26H28F2N8O4. The number of hydrogen-bond acceptors (Lipinski definition) is 9. The number of hydrogen-bond donors (Lipinski definition) is 1. The number of rotatable bonds is 9. The average molecular weight is 555 g/mol. The first-order chi connectivity index (χ1) is 19.2. The molecular weight excluding hydrogens is 526 g/mol. The first-order valence-corrected chi connectivity index (χ1v) is 12.5. The number of hydrazone groups is 1. The van der Waals surface area contributed by atoms with Crippen LogP contribution >= 0.6 is 0 Å². The fraction of sp³-hybridized carbons (Fsp3) is 0.346. The molecule has 2 aromatic carbocycles. The first kappa shape index (κ1) is 27.0. The highest BCUT2D eigenvalue weighted by Gasteiger charge is 2.47. The summed E-state index contributed by atoms with van der Waals surface area (Å²) in [6.07, 6.45) is 4.70. The summed E-state index contributed by atoms with van der Waals surface area (Å²) in [6, 6.07) is 8.81. The molecule has 0 radical (unpaired) electrons. The minimum atomic E-state index is -1.98. The summed E-state index contributed by atoms with van der Waals surface area (Å²) in [4.78, 5) is 29.3. The maximum atomic E-state index is 15.1. The zero-order chi connectivity index (χ0) is 28.4. The summed E-state index contributed by atoms with van der Waals surface area (Å²) in [5, 5.41) is 25.5. The Morgan fingerprint density at radius 1 is 1.15 bits per heavy atom. The molecule has 1 aromatic heterocycles. The van der Waals surface area contributed by atoms with E-state index >= 15 is 4.39 Å². The Labute approximate surface area is 228 Å². The molecule has 2 aliphatic heterocycles. The number of carbonyl (C=O) groups is 2. The second-order valence-corrected chi connectivity index (χ2v) is 9.61. The van der Waals surface area contributed by atoms with E-state index in [4.69, 9.17) is 4.74 Å². The Kier molecular flexibility index (Phi) is 7.34. The van der Waals surface area contributed by atoms with Crippen molar-refractivity contribution in [3.8, 4) is 5.69 Å². The van der Waals surface area contributed by atoms with Gasteiger partial charge in [-0.25, -0.2) is 18.3 Å². The molecule has 0 spiro atoms. The minimum absolute atomic E-state index is 0.0521. The van der Waals surface area contributed by atoms with Crippen LogP contribution in [0.5, 0.6) is 0 Å². The molecule has 0 saturated carbocycles. The van der Waals surface area contributed by atoms with Crippen LogP contribution < -0.4 is 4.90 Å². The van der Waals surface area contributed by atoms with Gasteiger partial charge in [0.05, 0.1) is 30.7 Å². The van der Waals surface area contributed by atoms with Crippen molar-refractivity contribution in [3.63, 3.8) is 0 Å². The Hall–Kier alpha value is -4.59. The van der Waals surface area contributed by atoms with Gasteiger partial charge in [-0.15, -0.1) is 5.10 Å². The zero-order valence-electron chi connectivity index (χ0n) is 21.9. The average Bonchev–Trinajstić information content (AvgIpc) is 3.69. The van der Waals surface area contributed by atoms with Crippen molar-refractivity contribution in [2.75, 3.05) is 37.9 Å². The number of urea groups is 1. The second kappa shape index (κ2) is 10.9. The number of anilines is 1. The van der Waals surface area contributed by atoms with E-state index in [1.807, 2.05) is 0 Å². The summed E-state index contributed by atoms with van der Waals surface area (Å²) < 4.78 is 35.5. The number of ether oxygens (including phenoxy) is 1. The van der Waals surface area contributed by atoms with Gasteiger partial charge in [0, 0.05) is 37.3 Å². The maximum absolute atomic E-state index is 15.1. The topological polar surface area (TPSA) is 120 Å². The molecule has 5 rings (SSSR count). The Morgan fingerprint density at radius 2 is 1.90 bits per heavy atom. The van der Waals surface area contributed by atoms with Crippen LogP contribution in [0, 0.1) is 11.6 Å². The molecule has 40 heavy (non-hydrogen) atoms. The summed E-state index contributed by atoms with van der Waals surface area (Å²) in [6.45, 7) is 3.37. The van der Waals surface area contributed by atoms with Crippen molar-refractivity contribution in [2.24, 2.45) is 5.10 Å². The van der Waals surface area contributed by atoms with Crippen molar-refractivity contribution in [1.82, 2.24) is 29.8 Å². The highest BCUT2D eigenvalue weighted by Crippen LogP contribution is 2.35. The van der Waals surface area contributed by atoms with Gasteiger partial charge in [-0.05, 0) is 37.3 Å². The fourth-order valence-electron chi connectivity index (χ4n) is 4.87. The number of nitrogens with zero attached hydrogens (tertiary/aromatic N) is 8. The summed E-state index contributed by atoms with van der Waals surface area (Å²) in [7, 11) is 0. The highest BCUT2D eigenvalue weighted by molar-refractivity contribution is 5.94. The third-order valence-corrected chi connectivity index (χ3v) is 7.03. The lowest BCUT2D eigenvalue weighted by Crippen LogP contribution is -2.55. The largest absolute Gasteiger partial charge is 0.444 e. The van der Waals surface area contributed by atoms with Crippen LogP contribution in [-0.2, 0) is 15.1 Å². The predicted molar refractivity (Wildman–Crippen MR) is 139 cm³/mol. The molecule has 0 bridgehead atoms. The van der Waals surface area contributed by atoms with Gasteiger partial charge in [0.2, 0.25) is 0 Å². The number of esters is 1. The molecule has 0 unspecified atom stereocenters. The van der Waals surface area contributed by atoms with Gasteiger partial charge >= 0.3 is 12.0 Å². The molecule has 0 aliphatic carbocycles. The number of halogens is 2. The van der Waals surface area contributed by atoms with E-state index in [-0.39, 0.29) is 38.1 Å². The van der Waals surface area contributed by atoms with Crippen LogP contribution in [0.25, 0.3) is 5.69 Å². The van der Waals surface area contributed by atoms with Crippen molar-refractivity contribution < 1.29 is 28.2 Å². The molecule has 2 aliphatic rings. The lowest BCUT2D eigenvalue weighted by atomic mass is 9.85. The standard InChI is InChI=1S/C26H28F2N8O4/c1-18(34-11-12-35(25(34)38)21-4-6-22(7-5-21)36-10-9-29-31-36)26(39,23-8-3-20(27)13-24(23)28)14-33-16-32(15-30-33)17-40-19(2)37/h3-10,13,15,18,39H,11-12,14,16-17H2,1-2H3/t18-,26-/m1/s1. The quantitative estimate of drug-likeness (QED) is 0.400. The zero-order valence-corrected chi connectivity index (χ0v) is 21.9. The Morgan fingerprint density at radius 3 is 2.58 bits per heavy atom. The van der Waals surface area contributed by atoms with Gasteiger partial charge in [0.25, 0.3) is 0 Å². The normalized spacial score (nSPS) is 17.5. The van der Waals surface area contributed by atoms with Crippen LogP contribution in [0.3, 0.4) is 0 Å². The summed E-state index contributed by atoms with van der Waals surface area (Å²) >= 11 is 0. The van der Waals surface area contributed by atoms with Gasteiger partial charge in [-0.2, -0.15) is 5.10 Å². The van der Waals surface area contributed by atoms with Gasteiger partial charge in [-0.1, -0.05) is 11.3 Å². The van der Waals surface area contributed by atoms with Crippen LogP contribution in [0.4, 0.5) is 19.3 Å². The van der Waals surface area contributed by atoms with Crippen molar-refractivity contribution in [2.45, 2.75) is 25.5 Å². The molecule has 14 heteroatoms. The van der Waals surface area contributed by atoms with E-state index in [2.05, 4.69) is 15.4 Å². The van der Waals surface area contributed by atoms with Gasteiger partial charge < -0.3 is 19.6 Å². The molecule has 3 aromatic rings. The van der Waals surface area contributed by atoms with Gasteiger partial charge in [-0.3, -0.25) is 14.7 Å². The molecule has 1 fully saturated rings. The van der Waals surface area contributed by atoms with Crippen LogP contribution in [0.1, 0.15) is 19.4 Å². The molecule has 1 N–H and O–H groups in total. The van der Waals surface area contributed by atoms with E-state index in [9.17, 15) is 19.1 Å². The molecule has 1 saturated heterocycles. The molecule has 2 atom stereocenters. The number of amides is 2. The third kappa shape index (κ3) is 5.30. The van der Waals surface area contributed by atoms with Crippen LogP contribution in [0.2, 0.25) is 0 Å². The minimum Gasteiger partial charge on any atom is -0.444 e. The monoisotopic (exact) mass is 554 g/mol. The lowest BCUT2D eigenvalue weighted by molar-refractivity contribution is -0.144. The molecule has 2 amide bonds. The fourth-order valence-corrected chi connectivity index (χ4v) is 4.87. The maximum Gasteiger partial charge on any atom is 0.324 e. The summed E-state index contributed by atoms with van der Waals surface area (Å²) in [5.41, 5.74) is -0.730. The van der Waals surface area contributed by atoms with E-state index in [0.29, 0.717) is 18.3 Å². The molecule has 12 nitrogen and oxygen atoms in total. The lowest BCUT2D eigenvalue weighted by Gasteiger charge is -2.41. The van der Waals surface area contributed by atoms with E-state index < -0.39 is 29.2 Å². The number of aromatic nitrogens is 3. The number of β-amino-alcohol motifs (C(OH)–C–C–N with tert-alkyl or cyclic N) is 1. The first-order valence-electron chi connectivity index (χ1n) is 12.5. The SMILES string of the molecule is CC(=O)OCN1C=NN(C[C@](O)(c2ccc(F)cc2F)[C@@H](C)N2CCN(c3ccc(-n4ccnn4)cc3)C2=O)C1. The number of aliphatic hydroxyl groups is 1. The van der Waals surface area contributed by atoms with Crippen molar-refractivity contribution >= 4 is 24.0 Å². The van der Waals surface area contributed by atoms with Crippen molar-refractivity contribution in [3.05, 3.63) is 72.1 Å². The van der Waals surface area contributed by atoms with E-state index in [0.717, 1.165) is 11.8 Å². The smallest absolute Gasteiger partial charge is 0.324 e. The predicted octanol–water partition coefficient (Wildman–Crippen LogP) is 2.10. The van der Waals surface area contributed by atoms with Crippen molar-refractivity contribution in [1.29, 1.82) is 0 Å². The highest BCUT2D eigenvalue weighted by atomic mass is 19.1. The molecule has 3 heterocycles.